The third-order valence-corrected chi connectivity index (χ3v) is 7.37. The van der Waals surface area contributed by atoms with Crippen LogP contribution in [0, 0.1) is 11.7 Å². The van der Waals surface area contributed by atoms with Gasteiger partial charge in [0.1, 0.15) is 11.6 Å². The molecule has 1 aliphatic rings. The SMILES string of the molecule is CCCN(CCCSc1nnc(-c2ccccc2)n1C)CC1CC1c1cc(F)ccc1OC.Cl. The molecule has 1 aliphatic carbocycles. The Morgan fingerprint density at radius 2 is 1.94 bits per heavy atom. The molecule has 3 aromatic rings. The molecule has 0 spiro atoms. The zero-order chi connectivity index (χ0) is 23.2. The van der Waals surface area contributed by atoms with E-state index in [2.05, 4.69) is 38.7 Å². The topological polar surface area (TPSA) is 43.2 Å². The maximum Gasteiger partial charge on any atom is 0.191 e. The molecule has 4 rings (SSSR count). The molecule has 2 aromatic carbocycles. The molecule has 2 atom stereocenters. The Balaban J connectivity index is 0.00000324. The highest BCUT2D eigenvalue weighted by Crippen LogP contribution is 2.50. The third-order valence-electron chi connectivity index (χ3n) is 6.26. The average Bonchev–Trinajstić information content (AvgIpc) is 3.50. The maximum absolute atomic E-state index is 13.8. The molecule has 0 aliphatic heterocycles. The van der Waals surface area contributed by atoms with Gasteiger partial charge in [-0.1, -0.05) is 49.0 Å². The monoisotopic (exact) mass is 504 g/mol. The molecular formula is C26H34ClFN4OS. The Bertz CT molecular complexity index is 1050. The summed E-state index contributed by atoms with van der Waals surface area (Å²) in [4.78, 5) is 2.56. The van der Waals surface area contributed by atoms with Crippen molar-refractivity contribution in [3.63, 3.8) is 0 Å². The summed E-state index contributed by atoms with van der Waals surface area (Å²) in [7, 11) is 3.69. The van der Waals surface area contributed by atoms with Crippen LogP contribution in [0.1, 0.15) is 37.7 Å². The minimum atomic E-state index is -0.182. The van der Waals surface area contributed by atoms with Crippen LogP contribution >= 0.6 is 24.2 Å². The molecular weight excluding hydrogens is 471 g/mol. The van der Waals surface area contributed by atoms with Crippen LogP contribution in [0.4, 0.5) is 4.39 Å². The van der Waals surface area contributed by atoms with Crippen LogP contribution in [0.3, 0.4) is 0 Å². The summed E-state index contributed by atoms with van der Waals surface area (Å²) in [6.07, 6.45) is 3.34. The smallest absolute Gasteiger partial charge is 0.191 e. The fraction of sp³-hybridized carbons (Fsp3) is 0.462. The number of halogens is 2. The summed E-state index contributed by atoms with van der Waals surface area (Å²) >= 11 is 1.77. The van der Waals surface area contributed by atoms with Crippen molar-refractivity contribution in [1.82, 2.24) is 19.7 Å². The second-order valence-corrected chi connectivity index (χ2v) is 9.78. The highest BCUT2D eigenvalue weighted by molar-refractivity contribution is 7.99. The maximum atomic E-state index is 13.8. The van der Waals surface area contributed by atoms with E-state index in [1.165, 1.54) is 6.07 Å². The van der Waals surface area contributed by atoms with Crippen molar-refractivity contribution in [2.45, 2.75) is 37.3 Å². The number of aromatic nitrogens is 3. The fourth-order valence-electron chi connectivity index (χ4n) is 4.50. The van der Waals surface area contributed by atoms with E-state index >= 15 is 0 Å². The lowest BCUT2D eigenvalue weighted by molar-refractivity contribution is 0.262. The molecule has 2 unspecified atom stereocenters. The van der Waals surface area contributed by atoms with E-state index in [-0.39, 0.29) is 18.2 Å². The second-order valence-electron chi connectivity index (χ2n) is 8.72. The highest BCUT2D eigenvalue weighted by Gasteiger charge is 2.40. The Morgan fingerprint density at radius 3 is 2.68 bits per heavy atom. The van der Waals surface area contributed by atoms with Gasteiger partial charge in [0.15, 0.2) is 11.0 Å². The molecule has 1 aromatic heterocycles. The number of ether oxygens (including phenoxy) is 1. The molecule has 8 heteroatoms. The number of rotatable bonds is 12. The summed E-state index contributed by atoms with van der Waals surface area (Å²) in [6, 6.07) is 15.0. The van der Waals surface area contributed by atoms with Gasteiger partial charge in [0, 0.05) is 30.5 Å². The van der Waals surface area contributed by atoms with Gasteiger partial charge < -0.3 is 14.2 Å². The fourth-order valence-corrected chi connectivity index (χ4v) is 5.33. The normalized spacial score (nSPS) is 17.0. The van der Waals surface area contributed by atoms with Gasteiger partial charge in [-0.25, -0.2) is 4.39 Å². The minimum Gasteiger partial charge on any atom is -0.496 e. The van der Waals surface area contributed by atoms with Crippen LogP contribution in [0.15, 0.2) is 53.7 Å². The summed E-state index contributed by atoms with van der Waals surface area (Å²) in [5, 5.41) is 9.72. The van der Waals surface area contributed by atoms with Gasteiger partial charge in [-0.15, -0.1) is 22.6 Å². The van der Waals surface area contributed by atoms with Crippen molar-refractivity contribution in [1.29, 1.82) is 0 Å². The third kappa shape index (κ3) is 6.52. The van der Waals surface area contributed by atoms with Gasteiger partial charge in [-0.3, -0.25) is 0 Å². The molecule has 0 radical (unpaired) electrons. The number of methoxy groups -OCH3 is 1. The van der Waals surface area contributed by atoms with Crippen LogP contribution in [0.25, 0.3) is 11.4 Å². The molecule has 5 nitrogen and oxygen atoms in total. The van der Waals surface area contributed by atoms with Crippen molar-refractivity contribution in [3.05, 3.63) is 59.9 Å². The average molecular weight is 505 g/mol. The zero-order valence-electron chi connectivity index (χ0n) is 20.1. The Labute approximate surface area is 212 Å². The van der Waals surface area contributed by atoms with Crippen LogP contribution in [-0.4, -0.2) is 52.2 Å². The minimum absolute atomic E-state index is 0. The summed E-state index contributed by atoms with van der Waals surface area (Å²) in [5.41, 5.74) is 2.10. The Morgan fingerprint density at radius 1 is 1.15 bits per heavy atom. The van der Waals surface area contributed by atoms with E-state index in [1.807, 2.05) is 25.2 Å². The number of benzene rings is 2. The van der Waals surface area contributed by atoms with Gasteiger partial charge in [-0.05, 0) is 62.4 Å². The Hall–Kier alpha value is -2.09. The Kier molecular flexibility index (Phi) is 9.80. The van der Waals surface area contributed by atoms with Gasteiger partial charge in [0.25, 0.3) is 0 Å². The van der Waals surface area contributed by atoms with E-state index in [0.29, 0.717) is 11.8 Å². The quantitative estimate of drug-likeness (QED) is 0.222. The number of nitrogens with zero attached hydrogens (tertiary/aromatic N) is 4. The largest absolute Gasteiger partial charge is 0.496 e. The molecule has 1 saturated carbocycles. The number of hydrogen-bond acceptors (Lipinski definition) is 5. The molecule has 0 N–H and O–H groups in total. The van der Waals surface area contributed by atoms with Crippen molar-refractivity contribution in [2.24, 2.45) is 13.0 Å². The zero-order valence-corrected chi connectivity index (χ0v) is 21.7. The van der Waals surface area contributed by atoms with Gasteiger partial charge >= 0.3 is 0 Å². The highest BCUT2D eigenvalue weighted by atomic mass is 35.5. The predicted octanol–water partition coefficient (Wildman–Crippen LogP) is 6.05. The van der Waals surface area contributed by atoms with Crippen LogP contribution in [0.2, 0.25) is 0 Å². The van der Waals surface area contributed by atoms with Crippen molar-refractivity contribution >= 4 is 24.2 Å². The van der Waals surface area contributed by atoms with Crippen molar-refractivity contribution in [2.75, 3.05) is 32.5 Å². The van der Waals surface area contributed by atoms with Crippen molar-refractivity contribution in [3.8, 4) is 17.1 Å². The van der Waals surface area contributed by atoms with E-state index < -0.39 is 0 Å². The summed E-state index contributed by atoms with van der Waals surface area (Å²) in [5.74, 6) is 3.51. The van der Waals surface area contributed by atoms with E-state index in [1.54, 1.807) is 31.0 Å². The summed E-state index contributed by atoms with van der Waals surface area (Å²) in [6.45, 7) is 5.45. The first kappa shape index (κ1) is 26.5. The lowest BCUT2D eigenvalue weighted by Crippen LogP contribution is -2.28. The number of thioether (sulfide) groups is 1. The predicted molar refractivity (Wildman–Crippen MR) is 140 cm³/mol. The van der Waals surface area contributed by atoms with E-state index in [9.17, 15) is 4.39 Å². The second kappa shape index (κ2) is 12.6. The molecule has 1 fully saturated rings. The van der Waals surface area contributed by atoms with Crippen LogP contribution in [-0.2, 0) is 7.05 Å². The molecule has 34 heavy (non-hydrogen) atoms. The lowest BCUT2D eigenvalue weighted by Gasteiger charge is -2.22. The first-order valence-corrected chi connectivity index (χ1v) is 12.7. The van der Waals surface area contributed by atoms with Gasteiger partial charge in [0.05, 0.1) is 7.11 Å². The van der Waals surface area contributed by atoms with Crippen molar-refractivity contribution < 1.29 is 9.13 Å². The van der Waals surface area contributed by atoms with Gasteiger partial charge in [0.2, 0.25) is 0 Å². The summed E-state index contributed by atoms with van der Waals surface area (Å²) < 4.78 is 21.3. The first-order valence-electron chi connectivity index (χ1n) is 11.7. The molecule has 0 bridgehead atoms. The molecule has 0 saturated heterocycles. The molecule has 1 heterocycles. The van der Waals surface area contributed by atoms with Crippen LogP contribution in [0.5, 0.6) is 5.75 Å². The first-order chi connectivity index (χ1) is 16.1. The lowest BCUT2D eigenvalue weighted by atomic mass is 10.1. The van der Waals surface area contributed by atoms with Gasteiger partial charge in [-0.2, -0.15) is 0 Å². The van der Waals surface area contributed by atoms with Crippen LogP contribution < -0.4 is 4.74 Å². The molecule has 0 amide bonds. The molecule has 184 valence electrons. The van der Waals surface area contributed by atoms with E-state index in [4.69, 9.17) is 4.74 Å². The van der Waals surface area contributed by atoms with E-state index in [0.717, 1.165) is 72.5 Å². The standard InChI is InChI=1S/C26H33FN4OS.ClH/c1-4-13-31(18-20-16-22(20)23-17-21(27)11-12-24(23)32-3)14-8-15-33-26-29-28-25(30(26)2)19-9-6-5-7-10-19;/h5-7,9-12,17,20,22H,4,8,13-16,18H2,1-3H3;1H. The number of hydrogen-bond donors (Lipinski definition) is 0.